The zero-order valence-corrected chi connectivity index (χ0v) is 15.4. The average Bonchev–Trinajstić information content (AvgIpc) is 2.84. The Bertz CT molecular complexity index is 856. The van der Waals surface area contributed by atoms with Crippen molar-refractivity contribution in [1.29, 1.82) is 0 Å². The number of ketones is 1. The SMILES string of the molecule is C=CCn1c(C)cc(C(=O)COC(=O)c2cc(Cl)cc(Cl)c2N)c1C. The summed E-state index contributed by atoms with van der Waals surface area (Å²) in [6.07, 6.45) is 1.75. The first kappa shape index (κ1) is 19.1. The smallest absolute Gasteiger partial charge is 0.340 e. The number of hydrogen-bond donors (Lipinski definition) is 1. The molecule has 2 rings (SSSR count). The van der Waals surface area contributed by atoms with E-state index >= 15 is 0 Å². The molecule has 0 spiro atoms. The molecule has 0 fully saturated rings. The van der Waals surface area contributed by atoms with Crippen LogP contribution in [0.2, 0.25) is 10.0 Å². The van der Waals surface area contributed by atoms with Gasteiger partial charge in [0.2, 0.25) is 5.78 Å². The first-order chi connectivity index (χ1) is 11.8. The molecule has 132 valence electrons. The van der Waals surface area contributed by atoms with Crippen molar-refractivity contribution in [3.05, 3.63) is 63.4 Å². The summed E-state index contributed by atoms with van der Waals surface area (Å²) in [7, 11) is 0. The maximum absolute atomic E-state index is 12.4. The first-order valence-electron chi connectivity index (χ1n) is 7.48. The van der Waals surface area contributed by atoms with E-state index in [-0.39, 0.29) is 27.1 Å². The second kappa shape index (κ2) is 7.76. The van der Waals surface area contributed by atoms with E-state index in [4.69, 9.17) is 33.7 Å². The van der Waals surface area contributed by atoms with Crippen LogP contribution >= 0.6 is 23.2 Å². The van der Waals surface area contributed by atoms with Crippen LogP contribution in [-0.2, 0) is 11.3 Å². The number of Topliss-reactive ketones (excluding diaryl/α,β-unsaturated/α-hetero) is 1. The number of nitrogens with two attached hydrogens (primary N) is 1. The fourth-order valence-corrected chi connectivity index (χ4v) is 3.03. The summed E-state index contributed by atoms with van der Waals surface area (Å²) in [5.74, 6) is -1.06. The summed E-state index contributed by atoms with van der Waals surface area (Å²) in [6, 6.07) is 4.54. The highest BCUT2D eigenvalue weighted by molar-refractivity contribution is 6.37. The second-order valence-corrected chi connectivity index (χ2v) is 6.38. The van der Waals surface area contributed by atoms with Gasteiger partial charge in [0.05, 0.1) is 16.3 Å². The lowest BCUT2D eigenvalue weighted by Gasteiger charge is -2.09. The number of rotatable bonds is 6. The fraction of sp³-hybridized carbons (Fsp3) is 0.222. The second-order valence-electron chi connectivity index (χ2n) is 5.53. The van der Waals surface area contributed by atoms with Gasteiger partial charge in [-0.1, -0.05) is 29.3 Å². The van der Waals surface area contributed by atoms with Crippen LogP contribution in [0.5, 0.6) is 0 Å². The van der Waals surface area contributed by atoms with Crippen LogP contribution in [0.25, 0.3) is 0 Å². The Labute approximate surface area is 156 Å². The van der Waals surface area contributed by atoms with Crippen LogP contribution in [0, 0.1) is 13.8 Å². The van der Waals surface area contributed by atoms with E-state index in [9.17, 15) is 9.59 Å². The number of carbonyl (C=O) groups is 2. The Balaban J connectivity index is 2.14. The van der Waals surface area contributed by atoms with E-state index in [1.165, 1.54) is 12.1 Å². The normalized spacial score (nSPS) is 10.6. The highest BCUT2D eigenvalue weighted by Crippen LogP contribution is 2.28. The number of allylic oxidation sites excluding steroid dienone is 1. The van der Waals surface area contributed by atoms with Gasteiger partial charge in [0.25, 0.3) is 0 Å². The molecule has 0 saturated carbocycles. The van der Waals surface area contributed by atoms with Gasteiger partial charge in [0, 0.05) is 28.5 Å². The number of anilines is 1. The molecule has 2 aromatic rings. The molecular formula is C18H18Cl2N2O3. The van der Waals surface area contributed by atoms with Gasteiger partial charge in [-0.3, -0.25) is 4.79 Å². The predicted octanol–water partition coefficient (Wildman–Crippen LogP) is 4.22. The van der Waals surface area contributed by atoms with Crippen LogP contribution in [0.4, 0.5) is 5.69 Å². The van der Waals surface area contributed by atoms with Gasteiger partial charge in [-0.25, -0.2) is 4.79 Å². The number of aromatic nitrogens is 1. The molecule has 2 N–H and O–H groups in total. The van der Waals surface area contributed by atoms with Crippen molar-refractivity contribution >= 4 is 40.6 Å². The molecule has 5 nitrogen and oxygen atoms in total. The minimum atomic E-state index is -0.754. The number of benzene rings is 1. The van der Waals surface area contributed by atoms with Crippen molar-refractivity contribution in [2.75, 3.05) is 12.3 Å². The van der Waals surface area contributed by atoms with E-state index in [0.29, 0.717) is 12.1 Å². The van der Waals surface area contributed by atoms with Gasteiger partial charge in [0.15, 0.2) is 6.61 Å². The van der Waals surface area contributed by atoms with Crippen LogP contribution in [0.3, 0.4) is 0 Å². The number of carbonyl (C=O) groups excluding carboxylic acids is 2. The first-order valence-corrected chi connectivity index (χ1v) is 8.24. The molecule has 0 aliphatic heterocycles. The Kier molecular flexibility index (Phi) is 5.93. The molecule has 1 aromatic carbocycles. The standard InChI is InChI=1S/C18H18Cl2N2O3/c1-4-5-22-10(2)6-13(11(22)3)16(23)9-25-18(24)14-7-12(19)8-15(20)17(14)21/h4,6-8H,1,5,9,21H2,2-3H3. The molecule has 7 heteroatoms. The third-order valence-corrected chi connectivity index (χ3v) is 4.37. The molecule has 1 aromatic heterocycles. The Morgan fingerprint density at radius 3 is 2.56 bits per heavy atom. The highest BCUT2D eigenvalue weighted by atomic mass is 35.5. The zero-order chi connectivity index (χ0) is 18.7. The third kappa shape index (κ3) is 4.06. The van der Waals surface area contributed by atoms with Gasteiger partial charge in [-0.15, -0.1) is 6.58 Å². The minimum Gasteiger partial charge on any atom is -0.454 e. The summed E-state index contributed by atoms with van der Waals surface area (Å²) in [6.45, 7) is 7.63. The van der Waals surface area contributed by atoms with Crippen molar-refractivity contribution in [3.63, 3.8) is 0 Å². The van der Waals surface area contributed by atoms with E-state index in [1.807, 2.05) is 18.4 Å². The highest BCUT2D eigenvalue weighted by Gasteiger charge is 2.19. The van der Waals surface area contributed by atoms with E-state index < -0.39 is 12.6 Å². The number of halogens is 2. The molecule has 0 aliphatic carbocycles. The maximum Gasteiger partial charge on any atom is 0.340 e. The van der Waals surface area contributed by atoms with Crippen LogP contribution in [0.15, 0.2) is 30.9 Å². The molecule has 0 saturated heterocycles. The van der Waals surface area contributed by atoms with Crippen molar-refractivity contribution in [1.82, 2.24) is 4.57 Å². The van der Waals surface area contributed by atoms with Crippen LogP contribution < -0.4 is 5.73 Å². The van der Waals surface area contributed by atoms with Gasteiger partial charge in [-0.2, -0.15) is 0 Å². The number of ether oxygens (including phenoxy) is 1. The number of hydrogen-bond acceptors (Lipinski definition) is 4. The molecule has 0 aliphatic rings. The molecule has 25 heavy (non-hydrogen) atoms. The summed E-state index contributed by atoms with van der Waals surface area (Å²) in [5.41, 5.74) is 8.08. The molecular weight excluding hydrogens is 363 g/mol. The summed E-state index contributed by atoms with van der Waals surface area (Å²) in [5, 5.41) is 0.407. The molecule has 0 radical (unpaired) electrons. The van der Waals surface area contributed by atoms with Gasteiger partial charge in [0.1, 0.15) is 0 Å². The quantitative estimate of drug-likeness (QED) is 0.352. The topological polar surface area (TPSA) is 74.3 Å². The Morgan fingerprint density at radius 1 is 1.24 bits per heavy atom. The lowest BCUT2D eigenvalue weighted by Crippen LogP contribution is -2.16. The van der Waals surface area contributed by atoms with Crippen molar-refractivity contribution in [2.45, 2.75) is 20.4 Å². The van der Waals surface area contributed by atoms with Gasteiger partial charge < -0.3 is 15.0 Å². The summed E-state index contributed by atoms with van der Waals surface area (Å²) in [4.78, 5) is 24.6. The van der Waals surface area contributed by atoms with Crippen LogP contribution in [-0.4, -0.2) is 22.9 Å². The number of aryl methyl sites for hydroxylation is 1. The average molecular weight is 381 g/mol. The zero-order valence-electron chi connectivity index (χ0n) is 13.9. The minimum absolute atomic E-state index is 0.0300. The van der Waals surface area contributed by atoms with Crippen molar-refractivity contribution in [2.24, 2.45) is 0 Å². The Morgan fingerprint density at radius 2 is 1.92 bits per heavy atom. The van der Waals surface area contributed by atoms with Gasteiger partial charge in [-0.05, 0) is 32.0 Å². The Hall–Kier alpha value is -2.24. The molecule has 0 atom stereocenters. The largest absolute Gasteiger partial charge is 0.454 e. The summed E-state index contributed by atoms with van der Waals surface area (Å²) < 4.78 is 7.04. The maximum atomic E-state index is 12.4. The third-order valence-electron chi connectivity index (χ3n) is 3.83. The molecule has 0 bridgehead atoms. The monoisotopic (exact) mass is 380 g/mol. The van der Waals surface area contributed by atoms with Gasteiger partial charge >= 0.3 is 5.97 Å². The summed E-state index contributed by atoms with van der Waals surface area (Å²) >= 11 is 11.8. The van der Waals surface area contributed by atoms with E-state index in [0.717, 1.165) is 11.4 Å². The molecule has 0 amide bonds. The lowest BCUT2D eigenvalue weighted by atomic mass is 10.1. The van der Waals surface area contributed by atoms with E-state index in [2.05, 4.69) is 6.58 Å². The number of nitrogens with zero attached hydrogens (tertiary/aromatic N) is 1. The number of nitrogen functional groups attached to an aromatic ring is 1. The van der Waals surface area contributed by atoms with E-state index in [1.54, 1.807) is 12.1 Å². The predicted molar refractivity (Wildman–Crippen MR) is 99.6 cm³/mol. The van der Waals surface area contributed by atoms with Crippen molar-refractivity contribution in [3.8, 4) is 0 Å². The van der Waals surface area contributed by atoms with Crippen LogP contribution in [0.1, 0.15) is 32.1 Å². The molecule has 1 heterocycles. The fourth-order valence-electron chi connectivity index (χ4n) is 2.53. The molecule has 0 unspecified atom stereocenters. The number of esters is 1. The van der Waals surface area contributed by atoms with Crippen molar-refractivity contribution < 1.29 is 14.3 Å². The lowest BCUT2D eigenvalue weighted by molar-refractivity contribution is 0.0475.